The molecule has 2 aromatic rings. The fourth-order valence-electron chi connectivity index (χ4n) is 2.67. The number of likely N-dealkylation sites (N-methyl/N-ethyl adjacent to an activating group) is 1. The Bertz CT molecular complexity index is 549. The SMILES string of the molecule is CCNC(CCc1cccnc1)Cc1ccc(C)c(C)c1. The molecule has 1 aromatic carbocycles. The second kappa shape index (κ2) is 7.94. The van der Waals surface area contributed by atoms with E-state index in [1.54, 1.807) is 0 Å². The first-order valence-electron chi connectivity index (χ1n) is 7.87. The van der Waals surface area contributed by atoms with E-state index in [0.717, 1.165) is 25.8 Å². The van der Waals surface area contributed by atoms with Crippen molar-refractivity contribution in [1.29, 1.82) is 0 Å². The summed E-state index contributed by atoms with van der Waals surface area (Å²) in [6.07, 6.45) is 7.12. The zero-order valence-corrected chi connectivity index (χ0v) is 13.4. The second-order valence-corrected chi connectivity index (χ2v) is 5.78. The van der Waals surface area contributed by atoms with E-state index in [1.165, 1.54) is 22.3 Å². The third-order valence-corrected chi connectivity index (χ3v) is 4.05. The van der Waals surface area contributed by atoms with Crippen LogP contribution in [0.1, 0.15) is 35.6 Å². The molecule has 2 heteroatoms. The molecule has 1 aromatic heterocycles. The van der Waals surface area contributed by atoms with Gasteiger partial charge in [0.2, 0.25) is 0 Å². The molecule has 112 valence electrons. The van der Waals surface area contributed by atoms with E-state index in [9.17, 15) is 0 Å². The summed E-state index contributed by atoms with van der Waals surface area (Å²) >= 11 is 0. The van der Waals surface area contributed by atoms with Crippen LogP contribution in [0, 0.1) is 13.8 Å². The maximum absolute atomic E-state index is 4.19. The Labute approximate surface area is 128 Å². The average molecular weight is 282 g/mol. The van der Waals surface area contributed by atoms with Crippen LogP contribution in [0.15, 0.2) is 42.7 Å². The number of hydrogen-bond donors (Lipinski definition) is 1. The molecule has 21 heavy (non-hydrogen) atoms. The van der Waals surface area contributed by atoms with Gasteiger partial charge in [-0.3, -0.25) is 4.98 Å². The normalized spacial score (nSPS) is 12.3. The average Bonchev–Trinajstić information content (AvgIpc) is 2.50. The quantitative estimate of drug-likeness (QED) is 0.834. The maximum Gasteiger partial charge on any atom is 0.0299 e. The molecule has 0 spiro atoms. The number of hydrogen-bond acceptors (Lipinski definition) is 2. The number of aryl methyl sites for hydroxylation is 3. The topological polar surface area (TPSA) is 24.9 Å². The first-order valence-corrected chi connectivity index (χ1v) is 7.87. The second-order valence-electron chi connectivity index (χ2n) is 5.78. The molecule has 1 unspecified atom stereocenters. The van der Waals surface area contributed by atoms with E-state index in [0.29, 0.717) is 6.04 Å². The predicted molar refractivity (Wildman–Crippen MR) is 89.6 cm³/mol. The number of rotatable bonds is 7. The minimum absolute atomic E-state index is 0.525. The van der Waals surface area contributed by atoms with Crippen molar-refractivity contribution in [3.05, 3.63) is 65.0 Å². The maximum atomic E-state index is 4.19. The summed E-state index contributed by atoms with van der Waals surface area (Å²) in [5, 5.41) is 3.62. The summed E-state index contributed by atoms with van der Waals surface area (Å²) in [4.78, 5) is 4.19. The molecule has 0 fully saturated rings. The molecule has 2 rings (SSSR count). The van der Waals surface area contributed by atoms with Gasteiger partial charge in [0, 0.05) is 18.4 Å². The highest BCUT2D eigenvalue weighted by Gasteiger charge is 2.09. The molecule has 2 nitrogen and oxygen atoms in total. The molecule has 0 amide bonds. The van der Waals surface area contributed by atoms with Gasteiger partial charge in [0.25, 0.3) is 0 Å². The van der Waals surface area contributed by atoms with E-state index in [1.807, 2.05) is 18.5 Å². The Kier molecular flexibility index (Phi) is 5.94. The van der Waals surface area contributed by atoms with Crippen LogP contribution in [0.2, 0.25) is 0 Å². The summed E-state index contributed by atoms with van der Waals surface area (Å²) in [7, 11) is 0. The highest BCUT2D eigenvalue weighted by atomic mass is 14.9. The van der Waals surface area contributed by atoms with Gasteiger partial charge in [-0.2, -0.15) is 0 Å². The van der Waals surface area contributed by atoms with Gasteiger partial charge in [0.05, 0.1) is 0 Å². The lowest BCUT2D eigenvalue weighted by Gasteiger charge is -2.18. The monoisotopic (exact) mass is 282 g/mol. The molecule has 0 radical (unpaired) electrons. The van der Waals surface area contributed by atoms with Crippen molar-refractivity contribution < 1.29 is 0 Å². The van der Waals surface area contributed by atoms with E-state index in [2.05, 4.69) is 55.3 Å². The Hall–Kier alpha value is -1.67. The Balaban J connectivity index is 1.96. The molecular weight excluding hydrogens is 256 g/mol. The van der Waals surface area contributed by atoms with Crippen molar-refractivity contribution >= 4 is 0 Å². The smallest absolute Gasteiger partial charge is 0.0299 e. The molecule has 0 saturated heterocycles. The van der Waals surface area contributed by atoms with Crippen molar-refractivity contribution in [2.75, 3.05) is 6.54 Å². The van der Waals surface area contributed by atoms with Crippen molar-refractivity contribution in [2.45, 2.75) is 46.1 Å². The van der Waals surface area contributed by atoms with E-state index in [4.69, 9.17) is 0 Å². The zero-order valence-electron chi connectivity index (χ0n) is 13.4. The summed E-state index contributed by atoms with van der Waals surface area (Å²) in [6.45, 7) is 7.56. The van der Waals surface area contributed by atoms with Crippen LogP contribution in [0.3, 0.4) is 0 Å². The number of aromatic nitrogens is 1. The van der Waals surface area contributed by atoms with E-state index < -0.39 is 0 Å². The molecule has 0 aliphatic rings. The first-order chi connectivity index (χ1) is 10.2. The number of nitrogens with one attached hydrogen (secondary N) is 1. The molecule has 0 saturated carbocycles. The summed E-state index contributed by atoms with van der Waals surface area (Å²) in [5.74, 6) is 0. The molecular formula is C19H26N2. The Morgan fingerprint density at radius 1 is 1.10 bits per heavy atom. The molecule has 1 atom stereocenters. The Morgan fingerprint density at radius 2 is 1.95 bits per heavy atom. The van der Waals surface area contributed by atoms with Gasteiger partial charge in [-0.15, -0.1) is 0 Å². The first kappa shape index (κ1) is 15.7. The molecule has 1 heterocycles. The minimum atomic E-state index is 0.525. The Morgan fingerprint density at radius 3 is 2.62 bits per heavy atom. The van der Waals surface area contributed by atoms with Crippen molar-refractivity contribution in [1.82, 2.24) is 10.3 Å². The zero-order chi connectivity index (χ0) is 15.1. The van der Waals surface area contributed by atoms with Gasteiger partial charge in [0.15, 0.2) is 0 Å². The summed E-state index contributed by atoms with van der Waals surface area (Å²) in [5.41, 5.74) is 5.50. The van der Waals surface area contributed by atoms with Gasteiger partial charge in [-0.25, -0.2) is 0 Å². The van der Waals surface area contributed by atoms with E-state index >= 15 is 0 Å². The van der Waals surface area contributed by atoms with E-state index in [-0.39, 0.29) is 0 Å². The van der Waals surface area contributed by atoms with Gasteiger partial charge in [-0.1, -0.05) is 31.2 Å². The lowest BCUT2D eigenvalue weighted by Crippen LogP contribution is -2.31. The predicted octanol–water partition coefficient (Wildman–Crippen LogP) is 3.85. The van der Waals surface area contributed by atoms with Crippen molar-refractivity contribution in [2.24, 2.45) is 0 Å². The lowest BCUT2D eigenvalue weighted by molar-refractivity contribution is 0.491. The highest BCUT2D eigenvalue weighted by Crippen LogP contribution is 2.14. The number of benzene rings is 1. The van der Waals surface area contributed by atoms with Gasteiger partial charge in [-0.05, 0) is 68.0 Å². The number of pyridine rings is 1. The third kappa shape index (κ3) is 4.98. The summed E-state index contributed by atoms with van der Waals surface area (Å²) < 4.78 is 0. The fourth-order valence-corrected chi connectivity index (χ4v) is 2.67. The van der Waals surface area contributed by atoms with Crippen LogP contribution in [0.5, 0.6) is 0 Å². The minimum Gasteiger partial charge on any atom is -0.314 e. The fraction of sp³-hybridized carbons (Fsp3) is 0.421. The highest BCUT2D eigenvalue weighted by molar-refractivity contribution is 5.30. The van der Waals surface area contributed by atoms with Gasteiger partial charge >= 0.3 is 0 Å². The lowest BCUT2D eigenvalue weighted by atomic mass is 9.97. The van der Waals surface area contributed by atoms with Crippen molar-refractivity contribution in [3.8, 4) is 0 Å². The van der Waals surface area contributed by atoms with Crippen LogP contribution >= 0.6 is 0 Å². The molecule has 0 aliphatic carbocycles. The van der Waals surface area contributed by atoms with Crippen LogP contribution in [-0.2, 0) is 12.8 Å². The van der Waals surface area contributed by atoms with Gasteiger partial charge in [0.1, 0.15) is 0 Å². The number of nitrogens with zero attached hydrogens (tertiary/aromatic N) is 1. The molecule has 0 bridgehead atoms. The van der Waals surface area contributed by atoms with Crippen LogP contribution in [0.4, 0.5) is 0 Å². The summed E-state index contributed by atoms with van der Waals surface area (Å²) in [6, 6.07) is 11.5. The largest absolute Gasteiger partial charge is 0.314 e. The van der Waals surface area contributed by atoms with Gasteiger partial charge < -0.3 is 5.32 Å². The third-order valence-electron chi connectivity index (χ3n) is 4.05. The van der Waals surface area contributed by atoms with Crippen LogP contribution < -0.4 is 5.32 Å². The molecule has 1 N–H and O–H groups in total. The van der Waals surface area contributed by atoms with Crippen LogP contribution in [-0.4, -0.2) is 17.6 Å². The van der Waals surface area contributed by atoms with Crippen molar-refractivity contribution in [3.63, 3.8) is 0 Å². The standard InChI is InChI=1S/C19H26N2/c1-4-21-19(10-9-17-6-5-11-20-14-17)13-18-8-7-15(2)16(3)12-18/h5-8,11-12,14,19,21H,4,9-10,13H2,1-3H3. The van der Waals surface area contributed by atoms with Crippen LogP contribution in [0.25, 0.3) is 0 Å². The molecule has 0 aliphatic heterocycles.